The van der Waals surface area contributed by atoms with E-state index in [9.17, 15) is 35.2 Å². The number of rotatable bonds is 10. The van der Waals surface area contributed by atoms with Crippen molar-refractivity contribution >= 4 is 5.97 Å². The van der Waals surface area contributed by atoms with Crippen molar-refractivity contribution in [3.8, 4) is 0 Å². The second kappa shape index (κ2) is 8.22. The van der Waals surface area contributed by atoms with Gasteiger partial charge in [0.15, 0.2) is 0 Å². The molecule has 2 saturated heterocycles. The van der Waals surface area contributed by atoms with Crippen LogP contribution in [0, 0.1) is 32.1 Å². The Morgan fingerprint density at radius 2 is 1.84 bits per heavy atom. The number of hydrogen-bond donors (Lipinski definition) is 2. The number of ether oxygens (including phenoxy) is 2. The highest BCUT2D eigenvalue weighted by Crippen LogP contribution is 2.37. The standard InChI is InChI=1S/C12H18N2O11/c15-9-5-23-10-8(4-22-11(9)10)7(12(16)17)2-1-6(25-14(20)21)3-24-13(18)19/h6-11,15H,1-5H2,(H,16,17)/t6?,7?,8-,9+,10+,11+/m0/s1. The van der Waals surface area contributed by atoms with E-state index in [0.717, 1.165) is 0 Å². The number of nitrogens with zero attached hydrogens (tertiary/aromatic N) is 2. The molecule has 0 radical (unpaired) electrons. The zero-order valence-electron chi connectivity index (χ0n) is 13.0. The van der Waals surface area contributed by atoms with Crippen molar-refractivity contribution in [1.29, 1.82) is 0 Å². The average Bonchev–Trinajstić information content (AvgIpc) is 3.08. The van der Waals surface area contributed by atoms with Crippen LogP contribution in [0.2, 0.25) is 0 Å². The number of carbonyl (C=O) groups is 1. The van der Waals surface area contributed by atoms with E-state index in [1.807, 2.05) is 0 Å². The van der Waals surface area contributed by atoms with Gasteiger partial charge in [-0.1, -0.05) is 0 Å². The largest absolute Gasteiger partial charge is 0.481 e. The van der Waals surface area contributed by atoms with Gasteiger partial charge >= 0.3 is 5.97 Å². The van der Waals surface area contributed by atoms with E-state index in [2.05, 4.69) is 9.68 Å². The van der Waals surface area contributed by atoms with Crippen LogP contribution in [-0.4, -0.2) is 70.6 Å². The molecule has 0 aromatic heterocycles. The Balaban J connectivity index is 1.96. The highest BCUT2D eigenvalue weighted by atomic mass is 17.0. The molecule has 2 aliphatic rings. The highest BCUT2D eigenvalue weighted by Gasteiger charge is 2.51. The van der Waals surface area contributed by atoms with Crippen LogP contribution in [0.1, 0.15) is 12.8 Å². The van der Waals surface area contributed by atoms with Gasteiger partial charge in [0.1, 0.15) is 24.9 Å². The van der Waals surface area contributed by atoms with Crippen molar-refractivity contribution in [2.75, 3.05) is 19.8 Å². The van der Waals surface area contributed by atoms with E-state index in [-0.39, 0.29) is 26.1 Å². The molecule has 2 heterocycles. The van der Waals surface area contributed by atoms with Crippen LogP contribution in [0.4, 0.5) is 0 Å². The maximum absolute atomic E-state index is 11.6. The van der Waals surface area contributed by atoms with Gasteiger partial charge in [0.05, 0.1) is 25.2 Å². The van der Waals surface area contributed by atoms with Crippen molar-refractivity contribution in [2.45, 2.75) is 37.3 Å². The van der Waals surface area contributed by atoms with Gasteiger partial charge in [-0.3, -0.25) is 4.79 Å². The number of carboxylic acid groups (broad SMARTS) is 1. The summed E-state index contributed by atoms with van der Waals surface area (Å²) in [6.45, 7) is -0.583. The molecule has 0 aromatic rings. The first-order valence-corrected chi connectivity index (χ1v) is 7.52. The second-order valence-electron chi connectivity index (χ2n) is 5.82. The van der Waals surface area contributed by atoms with Gasteiger partial charge in [-0.15, -0.1) is 20.2 Å². The summed E-state index contributed by atoms with van der Waals surface area (Å²) in [5.41, 5.74) is 0. The molecule has 0 spiro atoms. The monoisotopic (exact) mass is 366 g/mol. The third-order valence-electron chi connectivity index (χ3n) is 4.30. The first-order chi connectivity index (χ1) is 11.8. The fourth-order valence-corrected chi connectivity index (χ4v) is 3.17. The van der Waals surface area contributed by atoms with Crippen molar-refractivity contribution in [1.82, 2.24) is 0 Å². The lowest BCUT2D eigenvalue weighted by Gasteiger charge is -2.24. The smallest absolute Gasteiger partial charge is 0.306 e. The normalized spacial score (nSPS) is 30.3. The maximum Gasteiger partial charge on any atom is 0.306 e. The van der Waals surface area contributed by atoms with E-state index in [1.54, 1.807) is 0 Å². The van der Waals surface area contributed by atoms with Crippen LogP contribution in [0.5, 0.6) is 0 Å². The summed E-state index contributed by atoms with van der Waals surface area (Å²) >= 11 is 0. The quantitative estimate of drug-likeness (QED) is 0.358. The Labute approximate surface area is 140 Å². The van der Waals surface area contributed by atoms with Gasteiger partial charge in [-0.05, 0) is 12.8 Å². The fraction of sp³-hybridized carbons (Fsp3) is 0.917. The van der Waals surface area contributed by atoms with Gasteiger partial charge in [-0.25, -0.2) is 0 Å². The van der Waals surface area contributed by atoms with Gasteiger partial charge in [0.25, 0.3) is 10.2 Å². The number of aliphatic hydroxyl groups is 1. The lowest BCUT2D eigenvalue weighted by atomic mass is 9.84. The highest BCUT2D eigenvalue weighted by molar-refractivity contribution is 5.70. The first kappa shape index (κ1) is 19.1. The minimum Gasteiger partial charge on any atom is -0.481 e. The molecule has 2 rings (SSSR count). The first-order valence-electron chi connectivity index (χ1n) is 7.52. The van der Waals surface area contributed by atoms with Crippen molar-refractivity contribution in [2.24, 2.45) is 11.8 Å². The molecule has 13 nitrogen and oxygen atoms in total. The van der Waals surface area contributed by atoms with Gasteiger partial charge in [0.2, 0.25) is 0 Å². The van der Waals surface area contributed by atoms with Crippen LogP contribution >= 0.6 is 0 Å². The Morgan fingerprint density at radius 3 is 2.44 bits per heavy atom. The third-order valence-corrected chi connectivity index (χ3v) is 4.30. The van der Waals surface area contributed by atoms with Crippen LogP contribution in [0.15, 0.2) is 0 Å². The summed E-state index contributed by atoms with van der Waals surface area (Å²) in [7, 11) is 0. The molecule has 0 bridgehead atoms. The summed E-state index contributed by atoms with van der Waals surface area (Å²) in [4.78, 5) is 40.6. The maximum atomic E-state index is 11.6. The molecule has 0 aromatic carbocycles. The van der Waals surface area contributed by atoms with Crippen LogP contribution in [-0.2, 0) is 23.9 Å². The minimum absolute atomic E-state index is 0.0436. The van der Waals surface area contributed by atoms with Gasteiger partial charge < -0.3 is 29.4 Å². The van der Waals surface area contributed by atoms with E-state index in [4.69, 9.17) is 9.47 Å². The van der Waals surface area contributed by atoms with E-state index >= 15 is 0 Å². The van der Waals surface area contributed by atoms with E-state index < -0.39 is 59.0 Å². The number of carboxylic acids is 1. The predicted molar refractivity (Wildman–Crippen MR) is 74.2 cm³/mol. The van der Waals surface area contributed by atoms with Gasteiger partial charge in [-0.2, -0.15) is 0 Å². The summed E-state index contributed by atoms with van der Waals surface area (Å²) in [5.74, 6) is -2.68. The van der Waals surface area contributed by atoms with Crippen molar-refractivity contribution < 1.29 is 44.3 Å². The van der Waals surface area contributed by atoms with Crippen LogP contribution in [0.25, 0.3) is 0 Å². The van der Waals surface area contributed by atoms with Crippen molar-refractivity contribution in [3.05, 3.63) is 20.2 Å². The number of aliphatic hydroxyl groups excluding tert-OH is 1. The summed E-state index contributed by atoms with van der Waals surface area (Å²) in [6, 6.07) is 0. The fourth-order valence-electron chi connectivity index (χ4n) is 3.17. The molecule has 2 N–H and O–H groups in total. The van der Waals surface area contributed by atoms with E-state index in [0.29, 0.717) is 0 Å². The molecule has 13 heteroatoms. The minimum atomic E-state index is -1.28. The predicted octanol–water partition coefficient (Wildman–Crippen LogP) is -0.973. The molecule has 0 aliphatic carbocycles. The van der Waals surface area contributed by atoms with Crippen LogP contribution in [0.3, 0.4) is 0 Å². The Kier molecular flexibility index (Phi) is 6.27. The van der Waals surface area contributed by atoms with E-state index in [1.165, 1.54) is 0 Å². The summed E-state index contributed by atoms with van der Waals surface area (Å²) in [5, 5.41) is 37.6. The van der Waals surface area contributed by atoms with Gasteiger partial charge in [0, 0.05) is 5.92 Å². The molecule has 142 valence electrons. The summed E-state index contributed by atoms with van der Waals surface area (Å²) in [6.07, 6.45) is -3.51. The zero-order valence-corrected chi connectivity index (χ0v) is 13.0. The topological polar surface area (TPSA) is 181 Å². The molecule has 2 unspecified atom stereocenters. The Bertz CT molecular complexity index is 515. The molecule has 2 aliphatic heterocycles. The second-order valence-corrected chi connectivity index (χ2v) is 5.82. The summed E-state index contributed by atoms with van der Waals surface area (Å²) < 4.78 is 10.8. The Morgan fingerprint density at radius 1 is 1.16 bits per heavy atom. The zero-order chi connectivity index (χ0) is 18.6. The molecule has 2 fully saturated rings. The number of hydrogen-bond acceptors (Lipinski definition) is 10. The lowest BCUT2D eigenvalue weighted by molar-refractivity contribution is -0.790. The molecule has 0 saturated carbocycles. The van der Waals surface area contributed by atoms with Crippen molar-refractivity contribution in [3.63, 3.8) is 0 Å². The molecule has 25 heavy (non-hydrogen) atoms. The lowest BCUT2D eigenvalue weighted by Crippen LogP contribution is -2.36. The number of fused-ring (bicyclic) bond motifs is 1. The number of aliphatic carboxylic acids is 1. The third kappa shape index (κ3) is 4.87. The molecule has 0 amide bonds. The average molecular weight is 366 g/mol. The molecule has 6 atom stereocenters. The SMILES string of the molecule is O=C(O)C(CCC(CO[N+](=O)[O-])O[N+](=O)[O-])[C@@H]1CO[C@H]2[C@@H]1OC[C@H]2O. The molecular weight excluding hydrogens is 348 g/mol. The molecular formula is C12H18N2O11. The Hall–Kier alpha value is -2.25. The van der Waals surface area contributed by atoms with Crippen LogP contribution < -0.4 is 0 Å².